The maximum absolute atomic E-state index is 12.4. The molecule has 0 N–H and O–H groups in total. The second-order valence-corrected chi connectivity index (χ2v) is 9.03. The second-order valence-electron chi connectivity index (χ2n) is 8.38. The lowest BCUT2D eigenvalue weighted by molar-refractivity contribution is -0.130. The molecule has 7 nitrogen and oxygen atoms in total. The molecule has 8 heteroatoms. The fourth-order valence-corrected chi connectivity index (χ4v) is 4.37. The maximum Gasteiger partial charge on any atom is 0.240 e. The zero-order valence-corrected chi connectivity index (χ0v) is 19.8. The van der Waals surface area contributed by atoms with Gasteiger partial charge in [-0.25, -0.2) is 14.6 Å². The zero-order valence-electron chi connectivity index (χ0n) is 19.1. The first-order valence-corrected chi connectivity index (χ1v) is 11.9. The van der Waals surface area contributed by atoms with Gasteiger partial charge in [-0.3, -0.25) is 4.79 Å². The summed E-state index contributed by atoms with van der Waals surface area (Å²) in [6, 6.07) is 10.1. The van der Waals surface area contributed by atoms with Crippen LogP contribution < -0.4 is 4.90 Å². The average molecular weight is 455 g/mol. The highest BCUT2D eigenvalue weighted by Crippen LogP contribution is 2.30. The molecule has 1 amide bonds. The number of nitrogens with zero attached hydrogens (tertiary/aromatic N) is 6. The normalized spacial score (nSPS) is 15.8. The van der Waals surface area contributed by atoms with Gasteiger partial charge in [0.15, 0.2) is 5.65 Å². The van der Waals surface area contributed by atoms with E-state index in [0.29, 0.717) is 19.6 Å². The van der Waals surface area contributed by atoms with Crippen molar-refractivity contribution in [2.75, 3.05) is 31.1 Å². The number of rotatable bonds is 6. The van der Waals surface area contributed by atoms with Crippen LogP contribution in [-0.4, -0.2) is 62.1 Å². The molecule has 1 aromatic carbocycles. The monoisotopic (exact) mass is 454 g/mol. The predicted octanol–water partition coefficient (Wildman–Crippen LogP) is 4.13. The summed E-state index contributed by atoms with van der Waals surface area (Å²) >= 11 is 6.06. The van der Waals surface area contributed by atoms with Crippen LogP contribution in [0.25, 0.3) is 16.7 Å². The van der Waals surface area contributed by atoms with Crippen LogP contribution in [-0.2, 0) is 11.2 Å². The summed E-state index contributed by atoms with van der Waals surface area (Å²) in [6.07, 6.45) is 3.84. The Morgan fingerprint density at radius 1 is 1.12 bits per heavy atom. The number of hydrogen-bond donors (Lipinski definition) is 0. The van der Waals surface area contributed by atoms with Gasteiger partial charge in [0.05, 0.1) is 16.8 Å². The summed E-state index contributed by atoms with van der Waals surface area (Å²) in [7, 11) is 0. The minimum Gasteiger partial charge on any atom is -0.354 e. The molecular formula is C24H31ClN6O. The number of para-hydroxylation sites is 1. The summed E-state index contributed by atoms with van der Waals surface area (Å²) in [4.78, 5) is 26.5. The van der Waals surface area contributed by atoms with Crippen molar-refractivity contribution in [3.63, 3.8) is 0 Å². The van der Waals surface area contributed by atoms with E-state index < -0.39 is 5.38 Å². The number of hydrogen-bond acceptors (Lipinski definition) is 5. The highest BCUT2D eigenvalue weighted by Gasteiger charge is 2.26. The number of anilines is 1. The SMILES string of the molecule is CCCCc1nc(N2CCCN(C(=O)[C@@H](C)Cl)CC2)c2c(C)nn(-c3ccccc3)c2n1. The number of benzene rings is 1. The Hall–Kier alpha value is -2.67. The highest BCUT2D eigenvalue weighted by atomic mass is 35.5. The summed E-state index contributed by atoms with van der Waals surface area (Å²) in [5.74, 6) is 1.77. The Bertz CT molecular complexity index is 1080. The predicted molar refractivity (Wildman–Crippen MR) is 129 cm³/mol. The number of aromatic nitrogens is 4. The Balaban J connectivity index is 1.76. The molecule has 32 heavy (non-hydrogen) atoms. The molecular weight excluding hydrogens is 424 g/mol. The third-order valence-electron chi connectivity index (χ3n) is 5.93. The number of fused-ring (bicyclic) bond motifs is 1. The first-order chi connectivity index (χ1) is 15.5. The smallest absolute Gasteiger partial charge is 0.240 e. The largest absolute Gasteiger partial charge is 0.354 e. The molecule has 0 saturated carbocycles. The van der Waals surface area contributed by atoms with Crippen LogP contribution in [0.4, 0.5) is 5.82 Å². The molecule has 0 bridgehead atoms. The van der Waals surface area contributed by atoms with Gasteiger partial charge in [-0.05, 0) is 38.8 Å². The molecule has 3 aromatic rings. The van der Waals surface area contributed by atoms with Crippen molar-refractivity contribution in [2.24, 2.45) is 0 Å². The van der Waals surface area contributed by atoms with Crippen LogP contribution in [0.2, 0.25) is 0 Å². The fourth-order valence-electron chi connectivity index (χ4n) is 4.23. The van der Waals surface area contributed by atoms with E-state index in [4.69, 9.17) is 26.7 Å². The molecule has 0 spiro atoms. The van der Waals surface area contributed by atoms with Gasteiger partial charge in [0.1, 0.15) is 17.0 Å². The number of unbranched alkanes of at least 4 members (excludes halogenated alkanes) is 1. The van der Waals surface area contributed by atoms with Crippen molar-refractivity contribution >= 4 is 34.4 Å². The van der Waals surface area contributed by atoms with E-state index in [1.54, 1.807) is 6.92 Å². The third kappa shape index (κ3) is 4.58. The van der Waals surface area contributed by atoms with Crippen LogP contribution in [0.1, 0.15) is 44.6 Å². The van der Waals surface area contributed by atoms with Crippen LogP contribution >= 0.6 is 11.6 Å². The first kappa shape index (κ1) is 22.5. The van der Waals surface area contributed by atoms with Crippen molar-refractivity contribution in [1.82, 2.24) is 24.6 Å². The lowest BCUT2D eigenvalue weighted by Gasteiger charge is -2.24. The Kier molecular flexibility index (Phi) is 6.94. The number of aryl methyl sites for hydroxylation is 2. The third-order valence-corrected chi connectivity index (χ3v) is 6.12. The van der Waals surface area contributed by atoms with Gasteiger partial charge in [-0.2, -0.15) is 5.10 Å². The van der Waals surface area contributed by atoms with Crippen LogP contribution in [0.15, 0.2) is 30.3 Å². The number of alkyl halides is 1. The van der Waals surface area contributed by atoms with Crippen molar-refractivity contribution in [1.29, 1.82) is 0 Å². The van der Waals surface area contributed by atoms with Crippen molar-refractivity contribution < 1.29 is 4.79 Å². The minimum atomic E-state index is -0.501. The van der Waals surface area contributed by atoms with E-state index in [-0.39, 0.29) is 5.91 Å². The van der Waals surface area contributed by atoms with Gasteiger partial charge in [0.2, 0.25) is 5.91 Å². The summed E-state index contributed by atoms with van der Waals surface area (Å²) in [5, 5.41) is 5.32. The highest BCUT2D eigenvalue weighted by molar-refractivity contribution is 6.30. The van der Waals surface area contributed by atoms with Crippen molar-refractivity contribution in [3.05, 3.63) is 41.9 Å². The van der Waals surface area contributed by atoms with Gasteiger partial charge in [0, 0.05) is 32.6 Å². The number of amides is 1. The molecule has 1 aliphatic rings. The van der Waals surface area contributed by atoms with Crippen LogP contribution in [0.3, 0.4) is 0 Å². The van der Waals surface area contributed by atoms with Crippen molar-refractivity contribution in [3.8, 4) is 5.69 Å². The molecule has 1 fully saturated rings. The molecule has 1 saturated heterocycles. The average Bonchev–Trinajstić information content (AvgIpc) is 2.97. The molecule has 3 heterocycles. The topological polar surface area (TPSA) is 67.2 Å². The summed E-state index contributed by atoms with van der Waals surface area (Å²) in [6.45, 7) is 8.82. The van der Waals surface area contributed by atoms with Crippen LogP contribution in [0, 0.1) is 6.92 Å². The molecule has 0 aliphatic carbocycles. The van der Waals surface area contributed by atoms with E-state index in [1.165, 1.54) is 0 Å². The van der Waals surface area contributed by atoms with E-state index in [9.17, 15) is 4.79 Å². The van der Waals surface area contributed by atoms with Gasteiger partial charge >= 0.3 is 0 Å². The Morgan fingerprint density at radius 3 is 2.62 bits per heavy atom. The van der Waals surface area contributed by atoms with E-state index >= 15 is 0 Å². The quantitative estimate of drug-likeness (QED) is 0.524. The summed E-state index contributed by atoms with van der Waals surface area (Å²) in [5.41, 5.74) is 2.74. The zero-order chi connectivity index (χ0) is 22.7. The molecule has 0 unspecified atom stereocenters. The molecule has 2 aromatic heterocycles. The molecule has 1 aliphatic heterocycles. The van der Waals surface area contributed by atoms with E-state index in [1.807, 2.05) is 46.8 Å². The fraction of sp³-hybridized carbons (Fsp3) is 0.500. The maximum atomic E-state index is 12.4. The number of carbonyl (C=O) groups is 1. The minimum absolute atomic E-state index is 0.00179. The molecule has 4 rings (SSSR count). The Labute approximate surface area is 194 Å². The number of halogens is 1. The van der Waals surface area contributed by atoms with Gasteiger partial charge in [0.25, 0.3) is 0 Å². The lowest BCUT2D eigenvalue weighted by Crippen LogP contribution is -2.38. The number of carbonyl (C=O) groups excluding carboxylic acids is 1. The molecule has 0 radical (unpaired) electrons. The summed E-state index contributed by atoms with van der Waals surface area (Å²) < 4.78 is 1.92. The van der Waals surface area contributed by atoms with Gasteiger partial charge in [-0.1, -0.05) is 31.5 Å². The standard InChI is InChI=1S/C24H31ClN6O/c1-4-5-12-20-26-22(29-13-9-14-30(16-15-29)24(32)17(2)25)21-18(3)28-31(23(21)27-20)19-10-7-6-8-11-19/h6-8,10-11,17H,4-5,9,12-16H2,1-3H3/t17-/m1/s1. The molecule has 1 atom stereocenters. The van der Waals surface area contributed by atoms with Gasteiger partial charge < -0.3 is 9.80 Å². The van der Waals surface area contributed by atoms with Gasteiger partial charge in [-0.15, -0.1) is 11.6 Å². The Morgan fingerprint density at radius 2 is 1.91 bits per heavy atom. The van der Waals surface area contributed by atoms with Crippen molar-refractivity contribution in [2.45, 2.75) is 51.8 Å². The van der Waals surface area contributed by atoms with Crippen LogP contribution in [0.5, 0.6) is 0 Å². The van der Waals surface area contributed by atoms with E-state index in [0.717, 1.165) is 66.3 Å². The lowest BCUT2D eigenvalue weighted by atomic mass is 10.2. The molecule has 170 valence electrons. The van der Waals surface area contributed by atoms with E-state index in [2.05, 4.69) is 11.8 Å². The second kappa shape index (κ2) is 9.86. The first-order valence-electron chi connectivity index (χ1n) is 11.5.